The zero-order valence-corrected chi connectivity index (χ0v) is 12.6. The molecule has 2 fully saturated rings. The fourth-order valence-corrected chi connectivity index (χ4v) is 4.03. The molecule has 0 aromatic heterocycles. The van der Waals surface area contributed by atoms with E-state index in [0.717, 1.165) is 17.4 Å². The molecular formula is C17H24N2O2. The fraction of sp³-hybridized carbons (Fsp3) is 0.588. The first-order chi connectivity index (χ1) is 10.2. The van der Waals surface area contributed by atoms with E-state index in [1.807, 2.05) is 18.2 Å². The number of methoxy groups -OCH3 is 1. The molecule has 2 saturated carbocycles. The van der Waals surface area contributed by atoms with Crippen LogP contribution < -0.4 is 15.8 Å². The van der Waals surface area contributed by atoms with Gasteiger partial charge in [0.15, 0.2) is 0 Å². The highest BCUT2D eigenvalue weighted by Crippen LogP contribution is 2.49. The molecular weight excluding hydrogens is 264 g/mol. The molecule has 0 spiro atoms. The number of amides is 1. The first-order valence-electron chi connectivity index (χ1n) is 7.84. The lowest BCUT2D eigenvalue weighted by Gasteiger charge is -2.20. The monoisotopic (exact) mass is 288 g/mol. The number of hydrogen-bond donors (Lipinski definition) is 2. The van der Waals surface area contributed by atoms with E-state index >= 15 is 0 Å². The van der Waals surface area contributed by atoms with Gasteiger partial charge in [0.05, 0.1) is 12.8 Å². The number of rotatable bonds is 5. The molecule has 1 aromatic rings. The summed E-state index contributed by atoms with van der Waals surface area (Å²) in [6, 6.07) is 5.64. The number of nitrogen functional groups attached to an aromatic ring is 1. The molecule has 0 saturated heterocycles. The lowest BCUT2D eigenvalue weighted by molar-refractivity contribution is -0.122. The molecule has 0 aliphatic heterocycles. The largest absolute Gasteiger partial charge is 0.495 e. The molecule has 4 nitrogen and oxygen atoms in total. The quantitative estimate of drug-likeness (QED) is 0.819. The smallest absolute Gasteiger partial charge is 0.220 e. The molecule has 1 aromatic carbocycles. The maximum atomic E-state index is 12.1. The lowest BCUT2D eigenvalue weighted by atomic mass is 9.86. The zero-order chi connectivity index (χ0) is 14.8. The van der Waals surface area contributed by atoms with Gasteiger partial charge >= 0.3 is 0 Å². The molecule has 1 amide bonds. The summed E-state index contributed by atoms with van der Waals surface area (Å²) in [7, 11) is 1.60. The average Bonchev–Trinajstić information content (AvgIpc) is 3.08. The summed E-state index contributed by atoms with van der Waals surface area (Å²) < 4.78 is 5.13. The molecule has 0 radical (unpaired) electrons. The van der Waals surface area contributed by atoms with E-state index in [-0.39, 0.29) is 5.91 Å². The van der Waals surface area contributed by atoms with Gasteiger partial charge in [-0.3, -0.25) is 4.79 Å². The normalized spacial score (nSPS) is 26.8. The van der Waals surface area contributed by atoms with Crippen LogP contribution in [0.25, 0.3) is 0 Å². The molecule has 2 aliphatic rings. The van der Waals surface area contributed by atoms with Crippen LogP contribution in [0, 0.1) is 17.8 Å². The highest BCUT2D eigenvalue weighted by atomic mass is 16.5. The SMILES string of the molecule is COc1ccc(CNC(=O)CC2CC3CCC2C3)cc1N. The second-order valence-electron chi connectivity index (χ2n) is 6.49. The van der Waals surface area contributed by atoms with Crippen molar-refractivity contribution >= 4 is 11.6 Å². The fourth-order valence-electron chi connectivity index (χ4n) is 4.03. The Hall–Kier alpha value is -1.71. The van der Waals surface area contributed by atoms with E-state index in [0.29, 0.717) is 30.3 Å². The van der Waals surface area contributed by atoms with E-state index in [1.54, 1.807) is 7.11 Å². The maximum Gasteiger partial charge on any atom is 0.220 e. The third kappa shape index (κ3) is 3.14. The minimum Gasteiger partial charge on any atom is -0.495 e. The van der Waals surface area contributed by atoms with Gasteiger partial charge in [0.25, 0.3) is 0 Å². The molecule has 3 unspecified atom stereocenters. The van der Waals surface area contributed by atoms with Gasteiger partial charge in [0.1, 0.15) is 5.75 Å². The number of fused-ring (bicyclic) bond motifs is 2. The first kappa shape index (κ1) is 14.2. The van der Waals surface area contributed by atoms with E-state index in [9.17, 15) is 4.79 Å². The Morgan fingerprint density at radius 2 is 2.24 bits per heavy atom. The van der Waals surface area contributed by atoms with Gasteiger partial charge in [-0.25, -0.2) is 0 Å². The Balaban J connectivity index is 1.48. The van der Waals surface area contributed by atoms with Crippen LogP contribution in [0.4, 0.5) is 5.69 Å². The molecule has 2 aliphatic carbocycles. The number of anilines is 1. The summed E-state index contributed by atoms with van der Waals surface area (Å²) in [4.78, 5) is 12.1. The van der Waals surface area contributed by atoms with Gasteiger partial charge in [0.2, 0.25) is 5.91 Å². The Morgan fingerprint density at radius 3 is 2.86 bits per heavy atom. The predicted molar refractivity (Wildman–Crippen MR) is 82.8 cm³/mol. The van der Waals surface area contributed by atoms with Crippen LogP contribution in [-0.2, 0) is 11.3 Å². The molecule has 2 bridgehead atoms. The summed E-state index contributed by atoms with van der Waals surface area (Å²) in [5.74, 6) is 3.16. The second-order valence-corrected chi connectivity index (χ2v) is 6.49. The van der Waals surface area contributed by atoms with Crippen molar-refractivity contribution in [3.05, 3.63) is 23.8 Å². The lowest BCUT2D eigenvalue weighted by Crippen LogP contribution is -2.26. The van der Waals surface area contributed by atoms with E-state index < -0.39 is 0 Å². The Labute approximate surface area is 126 Å². The van der Waals surface area contributed by atoms with Crippen molar-refractivity contribution in [2.75, 3.05) is 12.8 Å². The number of ether oxygens (including phenoxy) is 1. The molecule has 21 heavy (non-hydrogen) atoms. The minimum absolute atomic E-state index is 0.168. The summed E-state index contributed by atoms with van der Waals surface area (Å²) in [5, 5.41) is 3.01. The van der Waals surface area contributed by atoms with E-state index in [1.165, 1.54) is 25.7 Å². The number of nitrogens with two attached hydrogens (primary N) is 1. The molecule has 0 heterocycles. The number of nitrogens with one attached hydrogen (secondary N) is 1. The van der Waals surface area contributed by atoms with Crippen LogP contribution in [0.5, 0.6) is 5.75 Å². The predicted octanol–water partition coefficient (Wildman–Crippen LogP) is 2.72. The summed E-state index contributed by atoms with van der Waals surface area (Å²) in [5.41, 5.74) is 7.49. The second kappa shape index (κ2) is 5.96. The van der Waals surface area contributed by atoms with Crippen LogP contribution in [0.15, 0.2) is 18.2 Å². The van der Waals surface area contributed by atoms with Gasteiger partial charge in [-0.05, 0) is 54.7 Å². The van der Waals surface area contributed by atoms with Gasteiger partial charge in [-0.15, -0.1) is 0 Å². The standard InChI is InChI=1S/C17H24N2O2/c1-21-16-5-3-12(8-15(16)18)10-19-17(20)9-14-7-11-2-4-13(14)6-11/h3,5,8,11,13-14H,2,4,6-7,9-10,18H2,1H3,(H,19,20). The van der Waals surface area contributed by atoms with Crippen LogP contribution in [0.1, 0.15) is 37.7 Å². The Morgan fingerprint density at radius 1 is 1.38 bits per heavy atom. The van der Waals surface area contributed by atoms with Gasteiger partial charge < -0.3 is 15.8 Å². The third-order valence-corrected chi connectivity index (χ3v) is 5.12. The highest BCUT2D eigenvalue weighted by Gasteiger charge is 2.39. The van der Waals surface area contributed by atoms with Crippen LogP contribution in [0.3, 0.4) is 0 Å². The minimum atomic E-state index is 0.168. The van der Waals surface area contributed by atoms with Crippen molar-refractivity contribution in [2.45, 2.75) is 38.6 Å². The number of benzene rings is 1. The topological polar surface area (TPSA) is 64.3 Å². The molecule has 3 N–H and O–H groups in total. The van der Waals surface area contributed by atoms with Crippen LogP contribution >= 0.6 is 0 Å². The molecule has 3 rings (SSSR count). The molecule has 114 valence electrons. The van der Waals surface area contributed by atoms with Crippen molar-refractivity contribution in [1.29, 1.82) is 0 Å². The van der Waals surface area contributed by atoms with Crippen molar-refractivity contribution < 1.29 is 9.53 Å². The average molecular weight is 288 g/mol. The van der Waals surface area contributed by atoms with Crippen molar-refractivity contribution in [2.24, 2.45) is 17.8 Å². The van der Waals surface area contributed by atoms with Gasteiger partial charge in [-0.2, -0.15) is 0 Å². The van der Waals surface area contributed by atoms with Crippen molar-refractivity contribution in [3.8, 4) is 5.75 Å². The number of carbonyl (C=O) groups excluding carboxylic acids is 1. The van der Waals surface area contributed by atoms with Crippen LogP contribution in [0.2, 0.25) is 0 Å². The highest BCUT2D eigenvalue weighted by molar-refractivity contribution is 5.76. The number of hydrogen-bond acceptors (Lipinski definition) is 3. The zero-order valence-electron chi connectivity index (χ0n) is 12.6. The maximum absolute atomic E-state index is 12.1. The number of carbonyl (C=O) groups is 1. The van der Waals surface area contributed by atoms with Crippen molar-refractivity contribution in [3.63, 3.8) is 0 Å². The summed E-state index contributed by atoms with van der Waals surface area (Å²) in [6.45, 7) is 0.536. The van der Waals surface area contributed by atoms with Crippen molar-refractivity contribution in [1.82, 2.24) is 5.32 Å². The summed E-state index contributed by atoms with van der Waals surface area (Å²) >= 11 is 0. The Bertz CT molecular complexity index is 530. The van der Waals surface area contributed by atoms with Gasteiger partial charge in [0, 0.05) is 13.0 Å². The molecule has 4 heteroatoms. The van der Waals surface area contributed by atoms with E-state index in [2.05, 4.69) is 5.32 Å². The molecule has 3 atom stereocenters. The first-order valence-corrected chi connectivity index (χ1v) is 7.84. The van der Waals surface area contributed by atoms with Crippen LogP contribution in [-0.4, -0.2) is 13.0 Å². The van der Waals surface area contributed by atoms with E-state index in [4.69, 9.17) is 10.5 Å². The Kier molecular flexibility index (Phi) is 4.04. The third-order valence-electron chi connectivity index (χ3n) is 5.12. The van der Waals surface area contributed by atoms with Gasteiger partial charge in [-0.1, -0.05) is 12.5 Å². The summed E-state index contributed by atoms with van der Waals surface area (Å²) in [6.07, 6.45) is 6.01.